The number of nitroso groups, excluding NO2 is 1. The molecule has 0 radical (unpaired) electrons. The van der Waals surface area contributed by atoms with Crippen LogP contribution >= 0.6 is 0 Å². The van der Waals surface area contributed by atoms with Gasteiger partial charge in [-0.05, 0) is 42.7 Å². The van der Waals surface area contributed by atoms with E-state index in [4.69, 9.17) is 5.11 Å². The summed E-state index contributed by atoms with van der Waals surface area (Å²) in [5.41, 5.74) is 2.58. The van der Waals surface area contributed by atoms with Gasteiger partial charge in [0, 0.05) is 11.1 Å². The Morgan fingerprint density at radius 2 is 1.56 bits per heavy atom. The summed E-state index contributed by atoms with van der Waals surface area (Å²) in [4.78, 5) is 33.9. The van der Waals surface area contributed by atoms with Crippen LogP contribution in [0.15, 0.2) is 53.8 Å². The number of hydrogen-bond acceptors (Lipinski definition) is 4. The van der Waals surface area contributed by atoms with Crippen LogP contribution in [0, 0.1) is 4.91 Å². The van der Waals surface area contributed by atoms with Crippen molar-refractivity contribution in [3.8, 4) is 0 Å². The minimum atomic E-state index is -1.16. The van der Waals surface area contributed by atoms with E-state index in [1.165, 1.54) is 17.7 Å². The number of benzene rings is 2. The number of ketones is 1. The summed E-state index contributed by atoms with van der Waals surface area (Å²) in [5.74, 6) is -1.29. The number of carboxylic acid groups (broad SMARTS) is 1. The van der Waals surface area contributed by atoms with E-state index in [1.807, 2.05) is 24.3 Å². The van der Waals surface area contributed by atoms with Crippen molar-refractivity contribution >= 4 is 17.4 Å². The molecule has 0 unspecified atom stereocenters. The van der Waals surface area contributed by atoms with Crippen LogP contribution in [0.25, 0.3) is 0 Å². The molecule has 0 aliphatic heterocycles. The molecule has 0 aromatic heterocycles. The van der Waals surface area contributed by atoms with E-state index >= 15 is 0 Å². The topological polar surface area (TPSA) is 87.0 Å². The van der Waals surface area contributed by atoms with E-state index in [-0.39, 0.29) is 5.78 Å². The molecule has 0 saturated carbocycles. The molecule has 0 bridgehead atoms. The highest BCUT2D eigenvalue weighted by Gasteiger charge is 2.13. The molecule has 0 atom stereocenters. The first-order valence-corrected chi connectivity index (χ1v) is 8.11. The number of nitrogens with zero attached hydrogens (tertiary/aromatic N) is 2. The maximum absolute atomic E-state index is 12.5. The van der Waals surface area contributed by atoms with Gasteiger partial charge in [0.2, 0.25) is 0 Å². The molecule has 25 heavy (non-hydrogen) atoms. The van der Waals surface area contributed by atoms with Gasteiger partial charge in [-0.1, -0.05) is 37.6 Å². The molecular weight excluding hydrogens is 320 g/mol. The van der Waals surface area contributed by atoms with Crippen molar-refractivity contribution in [2.24, 2.45) is 5.29 Å². The first-order chi connectivity index (χ1) is 12.0. The Morgan fingerprint density at radius 1 is 1.00 bits per heavy atom. The second kappa shape index (κ2) is 8.73. The molecule has 2 rings (SSSR count). The largest absolute Gasteiger partial charge is 0.480 e. The third-order valence-electron chi connectivity index (χ3n) is 3.85. The summed E-state index contributed by atoms with van der Waals surface area (Å²) in [6, 6.07) is 13.7. The molecule has 0 saturated heterocycles. The van der Waals surface area contributed by atoms with Crippen LogP contribution in [-0.2, 0) is 11.2 Å². The molecule has 0 fully saturated rings. The Balaban J connectivity index is 2.11. The van der Waals surface area contributed by atoms with Crippen LogP contribution in [0.4, 0.5) is 5.69 Å². The molecule has 0 aliphatic rings. The van der Waals surface area contributed by atoms with Gasteiger partial charge < -0.3 is 5.11 Å². The molecule has 130 valence electrons. The zero-order valence-electron chi connectivity index (χ0n) is 14.0. The highest BCUT2D eigenvalue weighted by atomic mass is 16.4. The van der Waals surface area contributed by atoms with Crippen LogP contribution in [0.3, 0.4) is 0 Å². The second-order valence-electron chi connectivity index (χ2n) is 5.71. The van der Waals surface area contributed by atoms with Crippen molar-refractivity contribution in [1.82, 2.24) is 0 Å². The first kappa shape index (κ1) is 18.3. The zero-order valence-corrected chi connectivity index (χ0v) is 14.0. The molecule has 0 amide bonds. The summed E-state index contributed by atoms with van der Waals surface area (Å²) in [6.07, 6.45) is 3.24. The lowest BCUT2D eigenvalue weighted by molar-refractivity contribution is -0.135. The minimum Gasteiger partial charge on any atom is -0.480 e. The molecular formula is C19H20N2O4. The van der Waals surface area contributed by atoms with Crippen LogP contribution in [-0.4, -0.2) is 23.4 Å². The number of carbonyl (C=O) groups excluding carboxylic acids is 1. The zero-order chi connectivity index (χ0) is 18.2. The third-order valence-corrected chi connectivity index (χ3v) is 3.85. The predicted molar refractivity (Wildman–Crippen MR) is 95.7 cm³/mol. The second-order valence-corrected chi connectivity index (χ2v) is 5.71. The van der Waals surface area contributed by atoms with Crippen molar-refractivity contribution in [1.29, 1.82) is 0 Å². The van der Waals surface area contributed by atoms with E-state index in [0.717, 1.165) is 24.3 Å². The van der Waals surface area contributed by atoms with Crippen LogP contribution in [0.2, 0.25) is 0 Å². The number of aliphatic carboxylic acids is 1. The lowest BCUT2D eigenvalue weighted by atomic mass is 10.0. The van der Waals surface area contributed by atoms with E-state index < -0.39 is 12.5 Å². The van der Waals surface area contributed by atoms with Crippen molar-refractivity contribution in [2.45, 2.75) is 26.2 Å². The highest BCUT2D eigenvalue weighted by molar-refractivity contribution is 6.09. The maximum Gasteiger partial charge on any atom is 0.325 e. The number of anilines is 1. The molecule has 1 N–H and O–H groups in total. The van der Waals surface area contributed by atoms with Gasteiger partial charge in [-0.25, -0.2) is 5.01 Å². The highest BCUT2D eigenvalue weighted by Crippen LogP contribution is 2.18. The van der Waals surface area contributed by atoms with Gasteiger partial charge in [-0.3, -0.25) is 9.59 Å². The first-order valence-electron chi connectivity index (χ1n) is 8.11. The SMILES string of the molecule is CCCCc1ccc(C(=O)c2ccc(N(CC(=O)O)N=O)cc2)cc1. The predicted octanol–water partition coefficient (Wildman–Crippen LogP) is 3.83. The summed E-state index contributed by atoms with van der Waals surface area (Å²) >= 11 is 0. The molecule has 0 heterocycles. The van der Waals surface area contributed by atoms with Crippen LogP contribution in [0.1, 0.15) is 41.3 Å². The number of rotatable bonds is 9. The smallest absolute Gasteiger partial charge is 0.325 e. The summed E-state index contributed by atoms with van der Waals surface area (Å²) < 4.78 is 0. The van der Waals surface area contributed by atoms with Gasteiger partial charge in [0.05, 0.1) is 11.0 Å². The summed E-state index contributed by atoms with van der Waals surface area (Å²) in [5, 5.41) is 12.3. The van der Waals surface area contributed by atoms with E-state index in [1.54, 1.807) is 12.1 Å². The minimum absolute atomic E-state index is 0.127. The number of unbranched alkanes of at least 4 members (excludes halogenated alkanes) is 1. The van der Waals surface area contributed by atoms with Crippen LogP contribution < -0.4 is 5.01 Å². The Morgan fingerprint density at radius 3 is 2.04 bits per heavy atom. The molecule has 0 spiro atoms. The van der Waals surface area contributed by atoms with E-state index in [0.29, 0.717) is 16.8 Å². The van der Waals surface area contributed by atoms with Crippen LogP contribution in [0.5, 0.6) is 0 Å². The lowest BCUT2D eigenvalue weighted by Crippen LogP contribution is -2.23. The monoisotopic (exact) mass is 340 g/mol. The third kappa shape index (κ3) is 4.97. The van der Waals surface area contributed by atoms with Gasteiger partial charge in [0.25, 0.3) is 0 Å². The average molecular weight is 340 g/mol. The van der Waals surface area contributed by atoms with Gasteiger partial charge in [-0.2, -0.15) is 0 Å². The van der Waals surface area contributed by atoms with Crippen molar-refractivity contribution < 1.29 is 14.7 Å². The summed E-state index contributed by atoms with van der Waals surface area (Å²) in [6.45, 7) is 1.61. The summed E-state index contributed by atoms with van der Waals surface area (Å²) in [7, 11) is 0. The lowest BCUT2D eigenvalue weighted by Gasteiger charge is -2.12. The Kier molecular flexibility index (Phi) is 6.39. The fraction of sp³-hybridized carbons (Fsp3) is 0.263. The van der Waals surface area contributed by atoms with Gasteiger partial charge in [-0.15, -0.1) is 4.91 Å². The number of carbonyl (C=O) groups is 2. The quantitative estimate of drug-likeness (QED) is 0.426. The fourth-order valence-corrected chi connectivity index (χ4v) is 2.45. The molecule has 2 aromatic rings. The van der Waals surface area contributed by atoms with Crippen molar-refractivity contribution in [3.05, 3.63) is 70.1 Å². The number of hydrogen-bond donors (Lipinski definition) is 1. The van der Waals surface area contributed by atoms with Crippen molar-refractivity contribution in [3.63, 3.8) is 0 Å². The molecule has 0 aliphatic carbocycles. The number of carboxylic acids is 1. The Labute approximate surface area is 146 Å². The standard InChI is InChI=1S/C19H20N2O4/c1-2-3-4-14-5-7-15(8-6-14)19(24)16-9-11-17(12-10-16)21(20-25)13-18(22)23/h5-12H,2-4,13H2,1H3,(H,22,23). The fourth-order valence-electron chi connectivity index (χ4n) is 2.45. The molecule has 6 heteroatoms. The maximum atomic E-state index is 12.5. The number of aryl methyl sites for hydroxylation is 1. The van der Waals surface area contributed by atoms with E-state index in [2.05, 4.69) is 12.2 Å². The van der Waals surface area contributed by atoms with Gasteiger partial charge in [0.1, 0.15) is 6.54 Å². The molecule has 2 aromatic carbocycles. The Hall–Kier alpha value is -3.02. The van der Waals surface area contributed by atoms with Crippen molar-refractivity contribution in [2.75, 3.05) is 11.6 Å². The normalized spacial score (nSPS) is 10.3. The Bertz CT molecular complexity index is 739. The van der Waals surface area contributed by atoms with E-state index in [9.17, 15) is 14.5 Å². The molecule has 6 nitrogen and oxygen atoms in total. The van der Waals surface area contributed by atoms with Gasteiger partial charge >= 0.3 is 5.97 Å². The average Bonchev–Trinajstić information content (AvgIpc) is 2.64. The van der Waals surface area contributed by atoms with Gasteiger partial charge in [0.15, 0.2) is 5.78 Å².